The molecule has 4 aromatic rings. The van der Waals surface area contributed by atoms with Gasteiger partial charge >= 0.3 is 5.63 Å². The van der Waals surface area contributed by atoms with E-state index in [2.05, 4.69) is 12.1 Å². The average Bonchev–Trinajstić information content (AvgIpc) is 3.23. The van der Waals surface area contributed by atoms with Crippen LogP contribution in [0, 0.1) is 6.92 Å². The molecule has 0 fully saturated rings. The lowest BCUT2D eigenvalue weighted by atomic mass is 10.00. The van der Waals surface area contributed by atoms with Crippen LogP contribution in [0.1, 0.15) is 16.7 Å². The molecule has 1 N–H and O–H groups in total. The molecule has 2 aliphatic rings. The molecule has 0 aliphatic carbocycles. The van der Waals surface area contributed by atoms with Gasteiger partial charge in [-0.2, -0.15) is 0 Å². The summed E-state index contributed by atoms with van der Waals surface area (Å²) in [5.41, 5.74) is 3.48. The van der Waals surface area contributed by atoms with Crippen LogP contribution < -0.4 is 24.7 Å². The van der Waals surface area contributed by atoms with Gasteiger partial charge in [-0.3, -0.25) is 4.90 Å². The molecule has 0 radical (unpaired) electrons. The smallest absolute Gasteiger partial charge is 0.344 e. The first-order valence-corrected chi connectivity index (χ1v) is 10.0. The number of aryl methyl sites for hydroxylation is 1. The molecular formula is C24H20NO5+. The maximum Gasteiger partial charge on any atom is 0.344 e. The number of ether oxygens (including phenoxy) is 3. The summed E-state index contributed by atoms with van der Waals surface area (Å²) in [4.78, 5) is 13.7. The van der Waals surface area contributed by atoms with Crippen LogP contribution in [0.15, 0.2) is 57.7 Å². The molecule has 1 aromatic heterocycles. The summed E-state index contributed by atoms with van der Waals surface area (Å²) in [5.74, 6) is 2.42. The van der Waals surface area contributed by atoms with E-state index in [0.29, 0.717) is 17.7 Å². The Morgan fingerprint density at radius 1 is 0.933 bits per heavy atom. The zero-order chi connectivity index (χ0) is 20.2. The van der Waals surface area contributed by atoms with Gasteiger partial charge in [-0.25, -0.2) is 4.79 Å². The lowest BCUT2D eigenvalue weighted by Gasteiger charge is -2.27. The van der Waals surface area contributed by atoms with Gasteiger partial charge in [0.15, 0.2) is 11.5 Å². The third-order valence-corrected chi connectivity index (χ3v) is 5.92. The van der Waals surface area contributed by atoms with Crippen molar-refractivity contribution < 1.29 is 23.5 Å². The number of nitrogens with one attached hydrogen (secondary N) is 1. The lowest BCUT2D eigenvalue weighted by molar-refractivity contribution is -0.945. The quantitative estimate of drug-likeness (QED) is 0.413. The predicted octanol–water partition coefficient (Wildman–Crippen LogP) is 2.92. The normalized spacial score (nSPS) is 17.2. The minimum absolute atomic E-state index is 0.280. The third kappa shape index (κ3) is 2.64. The van der Waals surface area contributed by atoms with Crippen molar-refractivity contribution in [1.82, 2.24) is 0 Å². The van der Waals surface area contributed by atoms with Gasteiger partial charge in [0.1, 0.15) is 24.4 Å². The predicted molar refractivity (Wildman–Crippen MR) is 111 cm³/mol. The molecule has 2 aliphatic heterocycles. The Balaban J connectivity index is 1.39. The van der Waals surface area contributed by atoms with Gasteiger partial charge in [0, 0.05) is 22.1 Å². The summed E-state index contributed by atoms with van der Waals surface area (Å²) in [6.45, 7) is 4.43. The molecule has 6 heteroatoms. The monoisotopic (exact) mass is 402 g/mol. The molecule has 0 spiro atoms. The van der Waals surface area contributed by atoms with Crippen LogP contribution >= 0.6 is 0 Å². The van der Waals surface area contributed by atoms with Crippen molar-refractivity contribution in [3.05, 3.63) is 75.6 Å². The zero-order valence-electron chi connectivity index (χ0n) is 16.5. The summed E-state index contributed by atoms with van der Waals surface area (Å²) >= 11 is 0. The number of benzene rings is 3. The van der Waals surface area contributed by atoms with Gasteiger partial charge in [0.05, 0.1) is 5.39 Å². The second-order valence-electron chi connectivity index (χ2n) is 7.88. The molecule has 1 atom stereocenters. The van der Waals surface area contributed by atoms with Crippen molar-refractivity contribution in [3.8, 4) is 17.2 Å². The van der Waals surface area contributed by atoms with E-state index in [9.17, 15) is 4.79 Å². The summed E-state index contributed by atoms with van der Waals surface area (Å²) in [5, 5.41) is 2.47. The Labute approximate surface area is 172 Å². The van der Waals surface area contributed by atoms with Crippen LogP contribution in [0.2, 0.25) is 0 Å². The van der Waals surface area contributed by atoms with Gasteiger partial charge in [0.2, 0.25) is 13.5 Å². The highest BCUT2D eigenvalue weighted by Crippen LogP contribution is 2.35. The topological polar surface area (TPSA) is 62.3 Å². The van der Waals surface area contributed by atoms with Gasteiger partial charge in [-0.05, 0) is 42.6 Å². The van der Waals surface area contributed by atoms with Crippen LogP contribution in [0.4, 0.5) is 0 Å². The minimum Gasteiger partial charge on any atom is -0.454 e. The Kier molecular flexibility index (Phi) is 3.76. The second kappa shape index (κ2) is 6.50. The van der Waals surface area contributed by atoms with E-state index in [1.165, 1.54) is 10.5 Å². The Hall–Kier alpha value is -3.51. The summed E-state index contributed by atoms with van der Waals surface area (Å²) in [6, 6.07) is 15.8. The molecule has 3 heterocycles. The molecular weight excluding hydrogens is 382 g/mol. The van der Waals surface area contributed by atoms with Crippen molar-refractivity contribution in [1.29, 1.82) is 0 Å². The molecule has 0 saturated carbocycles. The van der Waals surface area contributed by atoms with E-state index in [4.69, 9.17) is 18.6 Å². The average molecular weight is 402 g/mol. The number of rotatable bonds is 2. The maximum atomic E-state index is 12.4. The zero-order valence-corrected chi connectivity index (χ0v) is 16.5. The standard InChI is InChI=1S/C24H19NO5/c1-14-22-16(9-19-17-4-2-3-5-18(17)24(26)30-23(14)19)11-25(12-27-22)10-15-6-7-20-21(8-15)29-13-28-20/h2-9H,10-13H2,1H3/p+1. The molecule has 0 saturated heterocycles. The van der Waals surface area contributed by atoms with E-state index < -0.39 is 0 Å². The largest absolute Gasteiger partial charge is 0.454 e. The minimum atomic E-state index is -0.313. The SMILES string of the molecule is Cc1c2c(cc3c1oc(=O)c1ccccc13)C[NH+](Cc1ccc3c(c1)OCO3)CO2. The first kappa shape index (κ1) is 17.4. The van der Waals surface area contributed by atoms with Crippen LogP contribution in [-0.4, -0.2) is 13.5 Å². The summed E-state index contributed by atoms with van der Waals surface area (Å²) < 4.78 is 22.7. The third-order valence-electron chi connectivity index (χ3n) is 5.92. The number of hydrogen-bond donors (Lipinski definition) is 1. The van der Waals surface area contributed by atoms with Gasteiger partial charge in [-0.15, -0.1) is 0 Å². The van der Waals surface area contributed by atoms with E-state index in [1.807, 2.05) is 43.3 Å². The molecule has 6 rings (SSSR count). The molecule has 0 bridgehead atoms. The van der Waals surface area contributed by atoms with Crippen LogP contribution in [0.3, 0.4) is 0 Å². The van der Waals surface area contributed by atoms with Crippen molar-refractivity contribution in [3.63, 3.8) is 0 Å². The summed E-state index contributed by atoms with van der Waals surface area (Å²) in [7, 11) is 0. The van der Waals surface area contributed by atoms with E-state index >= 15 is 0 Å². The Bertz CT molecular complexity index is 1370. The Morgan fingerprint density at radius 3 is 2.67 bits per heavy atom. The first-order valence-electron chi connectivity index (χ1n) is 10.0. The number of hydrogen-bond acceptors (Lipinski definition) is 5. The highest BCUT2D eigenvalue weighted by molar-refractivity contribution is 6.06. The fraction of sp³-hybridized carbons (Fsp3) is 0.208. The van der Waals surface area contributed by atoms with Crippen molar-refractivity contribution >= 4 is 21.7 Å². The molecule has 1 unspecified atom stereocenters. The summed E-state index contributed by atoms with van der Waals surface area (Å²) in [6.07, 6.45) is 0. The highest BCUT2D eigenvalue weighted by atomic mass is 16.7. The van der Waals surface area contributed by atoms with Crippen molar-refractivity contribution in [2.75, 3.05) is 13.5 Å². The number of quaternary nitrogens is 1. The molecule has 0 amide bonds. The fourth-order valence-electron chi connectivity index (χ4n) is 4.51. The first-order chi connectivity index (χ1) is 14.7. The van der Waals surface area contributed by atoms with Crippen molar-refractivity contribution in [2.45, 2.75) is 20.0 Å². The molecule has 150 valence electrons. The van der Waals surface area contributed by atoms with Crippen molar-refractivity contribution in [2.24, 2.45) is 0 Å². The van der Waals surface area contributed by atoms with E-state index in [-0.39, 0.29) is 12.4 Å². The molecule has 30 heavy (non-hydrogen) atoms. The van der Waals surface area contributed by atoms with Gasteiger partial charge < -0.3 is 18.6 Å². The molecule has 6 nitrogen and oxygen atoms in total. The van der Waals surface area contributed by atoms with E-state index in [1.54, 1.807) is 0 Å². The highest BCUT2D eigenvalue weighted by Gasteiger charge is 2.26. The second-order valence-corrected chi connectivity index (χ2v) is 7.88. The maximum absolute atomic E-state index is 12.4. The fourth-order valence-corrected chi connectivity index (χ4v) is 4.51. The molecule has 3 aromatic carbocycles. The van der Waals surface area contributed by atoms with Crippen LogP contribution in [-0.2, 0) is 13.1 Å². The van der Waals surface area contributed by atoms with Crippen LogP contribution in [0.5, 0.6) is 17.2 Å². The lowest BCUT2D eigenvalue weighted by Crippen LogP contribution is -3.10. The Morgan fingerprint density at radius 2 is 1.77 bits per heavy atom. The van der Waals surface area contributed by atoms with Crippen LogP contribution in [0.25, 0.3) is 21.7 Å². The van der Waals surface area contributed by atoms with Gasteiger partial charge in [-0.1, -0.05) is 18.2 Å². The number of fused-ring (bicyclic) bond motifs is 5. The van der Waals surface area contributed by atoms with Gasteiger partial charge in [0.25, 0.3) is 0 Å². The van der Waals surface area contributed by atoms with E-state index in [0.717, 1.165) is 52.2 Å².